The van der Waals surface area contributed by atoms with Crippen LogP contribution < -0.4 is 0 Å². The molecule has 0 heteroatoms. The predicted molar refractivity (Wildman–Crippen MR) is 103 cm³/mol. The van der Waals surface area contributed by atoms with Gasteiger partial charge in [0, 0.05) is 0 Å². The Morgan fingerprint density at radius 3 is 1.23 bits per heavy atom. The smallest absolute Gasteiger partial charge is 0.0169 e. The van der Waals surface area contributed by atoms with Crippen LogP contribution in [0.5, 0.6) is 0 Å². The number of hydrogen-bond acceptors (Lipinski definition) is 0. The number of allylic oxidation sites excluding steroid dienone is 10. The zero-order valence-electron chi connectivity index (χ0n) is 14.8. The maximum atomic E-state index is 2.32. The summed E-state index contributed by atoms with van der Waals surface area (Å²) in [7, 11) is 0. The summed E-state index contributed by atoms with van der Waals surface area (Å²) in [4.78, 5) is 0. The van der Waals surface area contributed by atoms with Gasteiger partial charge in [-0.2, -0.15) is 0 Å². The Bertz CT molecular complexity index is 339. The molecule has 0 heterocycles. The lowest BCUT2D eigenvalue weighted by molar-refractivity contribution is 0.728. The second-order valence-electron chi connectivity index (χ2n) is 5.58. The van der Waals surface area contributed by atoms with Crippen LogP contribution in [0.15, 0.2) is 60.8 Å². The zero-order valence-corrected chi connectivity index (χ0v) is 14.8. The molecule has 0 aromatic heterocycles. The van der Waals surface area contributed by atoms with Crippen LogP contribution in [0.1, 0.15) is 78.1 Å². The first kappa shape index (κ1) is 20.7. The SMILES string of the molecule is CCC/C=C\C/C=C\C/C=C\C/C=C\C/C=C\CCCCC. The molecule has 0 unspecified atom stereocenters. The van der Waals surface area contributed by atoms with Gasteiger partial charge in [0.05, 0.1) is 0 Å². The van der Waals surface area contributed by atoms with Crippen LogP contribution in [0, 0.1) is 0 Å². The molecule has 0 amide bonds. The monoisotopic (exact) mass is 300 g/mol. The van der Waals surface area contributed by atoms with Gasteiger partial charge >= 0.3 is 0 Å². The molecule has 0 atom stereocenters. The largest absolute Gasteiger partial charge is 0.0882 e. The second-order valence-corrected chi connectivity index (χ2v) is 5.58. The summed E-state index contributed by atoms with van der Waals surface area (Å²) in [6.07, 6.45) is 34.5. The summed E-state index contributed by atoms with van der Waals surface area (Å²) >= 11 is 0. The molecule has 0 fully saturated rings. The van der Waals surface area contributed by atoms with Crippen LogP contribution in [0.25, 0.3) is 0 Å². The third-order valence-electron chi connectivity index (χ3n) is 3.35. The highest BCUT2D eigenvalue weighted by atomic mass is 13.9. The molecule has 0 spiro atoms. The van der Waals surface area contributed by atoms with E-state index in [4.69, 9.17) is 0 Å². The molecule has 0 saturated carbocycles. The van der Waals surface area contributed by atoms with Gasteiger partial charge in [-0.05, 0) is 44.9 Å². The Morgan fingerprint density at radius 1 is 0.409 bits per heavy atom. The fraction of sp³-hybridized carbons (Fsp3) is 0.545. The fourth-order valence-electron chi connectivity index (χ4n) is 2.00. The van der Waals surface area contributed by atoms with Crippen molar-refractivity contribution in [1.82, 2.24) is 0 Å². The van der Waals surface area contributed by atoms with E-state index in [1.54, 1.807) is 0 Å². The Balaban J connectivity index is 3.42. The van der Waals surface area contributed by atoms with Crippen LogP contribution in [-0.2, 0) is 0 Å². The Kier molecular flexibility index (Phi) is 18.5. The molecular weight excluding hydrogens is 264 g/mol. The normalized spacial score (nSPS) is 13.0. The Morgan fingerprint density at radius 2 is 0.818 bits per heavy atom. The molecule has 0 aliphatic carbocycles. The number of hydrogen-bond donors (Lipinski definition) is 0. The molecule has 0 aliphatic rings. The molecule has 0 rings (SSSR count). The lowest BCUT2D eigenvalue weighted by Gasteiger charge is -1.90. The van der Waals surface area contributed by atoms with Crippen molar-refractivity contribution in [2.24, 2.45) is 0 Å². The highest BCUT2D eigenvalue weighted by Gasteiger charge is 1.80. The molecule has 22 heavy (non-hydrogen) atoms. The maximum Gasteiger partial charge on any atom is -0.0169 e. The predicted octanol–water partition coefficient (Wildman–Crippen LogP) is 7.71. The number of unbranched alkanes of at least 4 members (excludes halogenated alkanes) is 4. The first-order valence-electron chi connectivity index (χ1n) is 9.16. The maximum absolute atomic E-state index is 2.32. The second kappa shape index (κ2) is 19.7. The summed E-state index contributed by atoms with van der Waals surface area (Å²) in [5.74, 6) is 0. The summed E-state index contributed by atoms with van der Waals surface area (Å²) in [5, 5.41) is 0. The van der Waals surface area contributed by atoms with Gasteiger partial charge in [-0.1, -0.05) is 93.9 Å². The summed E-state index contributed by atoms with van der Waals surface area (Å²) < 4.78 is 0. The van der Waals surface area contributed by atoms with E-state index in [9.17, 15) is 0 Å². The molecular formula is C22H36. The van der Waals surface area contributed by atoms with Crippen molar-refractivity contribution >= 4 is 0 Å². The third kappa shape index (κ3) is 18.7. The van der Waals surface area contributed by atoms with Crippen LogP contribution in [-0.4, -0.2) is 0 Å². The zero-order chi connectivity index (χ0) is 16.1. The third-order valence-corrected chi connectivity index (χ3v) is 3.35. The lowest BCUT2D eigenvalue weighted by atomic mass is 10.2. The van der Waals surface area contributed by atoms with Gasteiger partial charge in [-0.25, -0.2) is 0 Å². The Hall–Kier alpha value is -1.30. The minimum absolute atomic E-state index is 1.05. The molecule has 0 aromatic carbocycles. The fourth-order valence-corrected chi connectivity index (χ4v) is 2.00. The van der Waals surface area contributed by atoms with E-state index in [0.29, 0.717) is 0 Å². The molecule has 0 bridgehead atoms. The van der Waals surface area contributed by atoms with Crippen molar-refractivity contribution in [2.45, 2.75) is 78.1 Å². The van der Waals surface area contributed by atoms with E-state index in [0.717, 1.165) is 25.7 Å². The van der Waals surface area contributed by atoms with Crippen LogP contribution in [0.4, 0.5) is 0 Å². The molecule has 0 nitrogen and oxygen atoms in total. The molecule has 0 radical (unpaired) electrons. The first-order chi connectivity index (χ1) is 10.9. The van der Waals surface area contributed by atoms with Crippen LogP contribution >= 0.6 is 0 Å². The van der Waals surface area contributed by atoms with Gasteiger partial charge in [0.15, 0.2) is 0 Å². The average Bonchev–Trinajstić information content (AvgIpc) is 2.54. The first-order valence-corrected chi connectivity index (χ1v) is 9.16. The van der Waals surface area contributed by atoms with Crippen molar-refractivity contribution in [3.8, 4) is 0 Å². The Labute approximate surface area is 139 Å². The summed E-state index contributed by atoms with van der Waals surface area (Å²) in [5.41, 5.74) is 0. The topological polar surface area (TPSA) is 0 Å². The summed E-state index contributed by atoms with van der Waals surface area (Å²) in [6, 6.07) is 0. The minimum Gasteiger partial charge on any atom is -0.0882 e. The minimum atomic E-state index is 1.05. The van der Waals surface area contributed by atoms with Crippen LogP contribution in [0.3, 0.4) is 0 Å². The van der Waals surface area contributed by atoms with E-state index >= 15 is 0 Å². The average molecular weight is 301 g/mol. The van der Waals surface area contributed by atoms with Crippen molar-refractivity contribution in [2.75, 3.05) is 0 Å². The highest BCUT2D eigenvalue weighted by molar-refractivity contribution is 5.00. The van der Waals surface area contributed by atoms with Gasteiger partial charge in [0.1, 0.15) is 0 Å². The van der Waals surface area contributed by atoms with Crippen molar-refractivity contribution in [3.63, 3.8) is 0 Å². The lowest BCUT2D eigenvalue weighted by Crippen LogP contribution is -1.70. The van der Waals surface area contributed by atoms with Crippen LogP contribution in [0.2, 0.25) is 0 Å². The van der Waals surface area contributed by atoms with E-state index in [1.807, 2.05) is 0 Å². The van der Waals surface area contributed by atoms with E-state index in [-0.39, 0.29) is 0 Å². The van der Waals surface area contributed by atoms with E-state index < -0.39 is 0 Å². The van der Waals surface area contributed by atoms with Crippen molar-refractivity contribution < 1.29 is 0 Å². The molecule has 0 N–H and O–H groups in total. The van der Waals surface area contributed by atoms with E-state index in [1.165, 1.54) is 38.5 Å². The molecule has 124 valence electrons. The highest BCUT2D eigenvalue weighted by Crippen LogP contribution is 2.01. The van der Waals surface area contributed by atoms with Crippen molar-refractivity contribution in [3.05, 3.63) is 60.8 Å². The molecule has 0 aliphatic heterocycles. The van der Waals surface area contributed by atoms with Gasteiger partial charge in [-0.3, -0.25) is 0 Å². The van der Waals surface area contributed by atoms with Gasteiger partial charge < -0.3 is 0 Å². The van der Waals surface area contributed by atoms with E-state index in [2.05, 4.69) is 74.6 Å². The quantitative estimate of drug-likeness (QED) is 0.227. The standard InChI is InChI=1S/C22H36/c1-3-5-7-9-11-13-15-17-19-21-22-20-18-16-14-12-10-8-6-4-2/h7,9,12-15,18-21H,3-6,8,10-11,16-17,22H2,1-2H3/b9-7-,14-12-,15-13-,20-18-,21-19-. The van der Waals surface area contributed by atoms with Crippen molar-refractivity contribution in [1.29, 1.82) is 0 Å². The number of rotatable bonds is 14. The summed E-state index contributed by atoms with van der Waals surface area (Å²) in [6.45, 7) is 4.46. The molecule has 0 saturated heterocycles. The molecule has 0 aromatic rings. The van der Waals surface area contributed by atoms with Gasteiger partial charge in [0.25, 0.3) is 0 Å². The van der Waals surface area contributed by atoms with Gasteiger partial charge in [0.2, 0.25) is 0 Å². The van der Waals surface area contributed by atoms with Gasteiger partial charge in [-0.15, -0.1) is 0 Å².